The van der Waals surface area contributed by atoms with Gasteiger partial charge in [0.15, 0.2) is 17.5 Å². The van der Waals surface area contributed by atoms with Gasteiger partial charge in [-0.05, 0) is 24.0 Å². The first kappa shape index (κ1) is 23.2. The molecule has 2 rings (SSSR count). The van der Waals surface area contributed by atoms with E-state index in [2.05, 4.69) is 5.32 Å². The number of hydrogen-bond donors (Lipinski definition) is 3. The van der Waals surface area contributed by atoms with Gasteiger partial charge < -0.3 is 19.9 Å². The van der Waals surface area contributed by atoms with Crippen LogP contribution in [0.15, 0.2) is 42.5 Å². The number of guanidine groups is 1. The molecule has 0 aliphatic heterocycles. The molecule has 0 radical (unpaired) electrons. The lowest BCUT2D eigenvalue weighted by Gasteiger charge is -2.20. The molecule has 30 heavy (non-hydrogen) atoms. The first-order valence-corrected chi connectivity index (χ1v) is 10.2. The third-order valence-corrected chi connectivity index (χ3v) is 4.36. The van der Waals surface area contributed by atoms with E-state index < -0.39 is 0 Å². The summed E-state index contributed by atoms with van der Waals surface area (Å²) in [5, 5.41) is 9.51. The lowest BCUT2D eigenvalue weighted by atomic mass is 9.99. The van der Waals surface area contributed by atoms with Crippen LogP contribution >= 0.6 is 0 Å². The number of methoxy groups -OCH3 is 1. The number of aryl methyl sites for hydroxylation is 1. The molecule has 162 valence electrons. The minimum Gasteiger partial charge on any atom is -0.489 e. The quantitative estimate of drug-likeness (QED) is 0.280. The fraction of sp³-hybridized carbons (Fsp3) is 0.391. The summed E-state index contributed by atoms with van der Waals surface area (Å²) in [7, 11) is 1.66. The topological polar surface area (TPSA) is 107 Å². The number of nitrogens with two attached hydrogens (primary N) is 1. The second-order valence-electron chi connectivity index (χ2n) is 6.80. The highest BCUT2D eigenvalue weighted by molar-refractivity contribution is 5.94. The van der Waals surface area contributed by atoms with Crippen molar-refractivity contribution < 1.29 is 19.0 Å². The zero-order chi connectivity index (χ0) is 21.8. The Bertz CT molecular complexity index is 825. The van der Waals surface area contributed by atoms with Crippen molar-refractivity contribution in [3.63, 3.8) is 0 Å². The molecule has 0 bridgehead atoms. The summed E-state index contributed by atoms with van der Waals surface area (Å²) in [6, 6.07) is 14.0. The van der Waals surface area contributed by atoms with Crippen molar-refractivity contribution in [3.05, 3.63) is 48.0 Å². The van der Waals surface area contributed by atoms with Crippen LogP contribution in [0.1, 0.15) is 31.7 Å². The second-order valence-corrected chi connectivity index (χ2v) is 6.80. The highest BCUT2D eigenvalue weighted by atomic mass is 16.5. The van der Waals surface area contributed by atoms with E-state index in [1.807, 2.05) is 49.4 Å². The van der Waals surface area contributed by atoms with Gasteiger partial charge in [-0.1, -0.05) is 49.4 Å². The van der Waals surface area contributed by atoms with Gasteiger partial charge in [-0.25, -0.2) is 0 Å². The van der Waals surface area contributed by atoms with Gasteiger partial charge in [0, 0.05) is 32.1 Å². The molecule has 0 spiro atoms. The van der Waals surface area contributed by atoms with E-state index in [1.54, 1.807) is 7.11 Å². The minimum atomic E-state index is -0.357. The fourth-order valence-corrected chi connectivity index (χ4v) is 2.99. The number of carbonyl (C=O) groups excluding carboxylic acids is 1. The van der Waals surface area contributed by atoms with Crippen LogP contribution in [0.4, 0.5) is 0 Å². The summed E-state index contributed by atoms with van der Waals surface area (Å²) in [6.07, 6.45) is 2.24. The molecule has 0 aromatic heterocycles. The number of nitrogens with one attached hydrogen (secondary N) is 2. The molecule has 0 heterocycles. The van der Waals surface area contributed by atoms with Crippen LogP contribution in [-0.4, -0.2) is 38.8 Å². The van der Waals surface area contributed by atoms with Gasteiger partial charge >= 0.3 is 0 Å². The van der Waals surface area contributed by atoms with E-state index in [0.29, 0.717) is 37.7 Å². The molecule has 0 saturated carbocycles. The lowest BCUT2D eigenvalue weighted by Crippen LogP contribution is -2.35. The maximum Gasteiger partial charge on any atom is 0.226 e. The van der Waals surface area contributed by atoms with Gasteiger partial charge in [-0.15, -0.1) is 0 Å². The SMILES string of the molecule is CCCOc1c(CCC(=O)NC(=N)N)ccc(-c2ccccc2)c1OCCCOC. The Morgan fingerprint density at radius 3 is 2.43 bits per heavy atom. The predicted octanol–water partition coefficient (Wildman–Crippen LogP) is 3.50. The molecule has 0 atom stereocenters. The molecule has 0 unspecified atom stereocenters. The Labute approximate surface area is 178 Å². The number of benzene rings is 2. The van der Waals surface area contributed by atoms with Crippen LogP contribution in [0.25, 0.3) is 11.1 Å². The summed E-state index contributed by atoms with van der Waals surface area (Å²) < 4.78 is 17.4. The van der Waals surface area contributed by atoms with Crippen molar-refractivity contribution in [1.82, 2.24) is 5.32 Å². The molecule has 0 aliphatic carbocycles. The van der Waals surface area contributed by atoms with Gasteiger partial charge in [0.05, 0.1) is 13.2 Å². The first-order chi connectivity index (χ1) is 14.6. The van der Waals surface area contributed by atoms with Crippen molar-refractivity contribution in [2.75, 3.05) is 26.9 Å². The van der Waals surface area contributed by atoms with Crippen molar-refractivity contribution >= 4 is 11.9 Å². The van der Waals surface area contributed by atoms with Crippen LogP contribution in [-0.2, 0) is 16.0 Å². The van der Waals surface area contributed by atoms with E-state index in [0.717, 1.165) is 29.5 Å². The summed E-state index contributed by atoms with van der Waals surface area (Å²) in [6.45, 7) is 3.68. The summed E-state index contributed by atoms with van der Waals surface area (Å²) in [5.74, 6) is 0.671. The summed E-state index contributed by atoms with van der Waals surface area (Å²) in [5.41, 5.74) is 8.09. The van der Waals surface area contributed by atoms with Crippen LogP contribution < -0.4 is 20.5 Å². The Morgan fingerprint density at radius 1 is 1.03 bits per heavy atom. The molecule has 2 aromatic carbocycles. The second kappa shape index (κ2) is 12.5. The van der Waals surface area contributed by atoms with Crippen LogP contribution in [0.5, 0.6) is 11.5 Å². The Kier molecular flexibility index (Phi) is 9.67. The van der Waals surface area contributed by atoms with Gasteiger partial charge in [0.25, 0.3) is 0 Å². The van der Waals surface area contributed by atoms with E-state index in [4.69, 9.17) is 25.4 Å². The molecule has 7 heteroatoms. The molecule has 4 N–H and O–H groups in total. The fourth-order valence-electron chi connectivity index (χ4n) is 2.99. The van der Waals surface area contributed by atoms with Crippen molar-refractivity contribution in [2.24, 2.45) is 5.73 Å². The smallest absolute Gasteiger partial charge is 0.226 e. The highest BCUT2D eigenvalue weighted by Gasteiger charge is 2.18. The number of amides is 1. The molecule has 7 nitrogen and oxygen atoms in total. The molecular formula is C23H31N3O4. The van der Waals surface area contributed by atoms with Gasteiger partial charge in [-0.2, -0.15) is 0 Å². The molecule has 2 aromatic rings. The Morgan fingerprint density at radius 2 is 1.77 bits per heavy atom. The molecular weight excluding hydrogens is 382 g/mol. The summed E-state index contributed by atoms with van der Waals surface area (Å²) in [4.78, 5) is 12.0. The van der Waals surface area contributed by atoms with Crippen LogP contribution in [0, 0.1) is 5.41 Å². The largest absolute Gasteiger partial charge is 0.489 e. The predicted molar refractivity (Wildman–Crippen MR) is 118 cm³/mol. The summed E-state index contributed by atoms with van der Waals surface area (Å²) >= 11 is 0. The number of hydrogen-bond acceptors (Lipinski definition) is 5. The standard InChI is InChI=1S/C23H31N3O4/c1-3-14-29-21-18(11-13-20(27)26-23(24)25)10-12-19(17-8-5-4-6-9-17)22(21)30-16-7-15-28-2/h4-6,8-10,12H,3,7,11,13-16H2,1-2H3,(H4,24,25,26,27). The van der Waals surface area contributed by atoms with E-state index in [1.165, 1.54) is 0 Å². The third-order valence-electron chi connectivity index (χ3n) is 4.36. The van der Waals surface area contributed by atoms with Gasteiger partial charge in [-0.3, -0.25) is 15.5 Å². The van der Waals surface area contributed by atoms with Crippen molar-refractivity contribution in [2.45, 2.75) is 32.6 Å². The molecule has 1 amide bonds. The van der Waals surface area contributed by atoms with E-state index in [-0.39, 0.29) is 18.3 Å². The number of carbonyl (C=O) groups is 1. The van der Waals surface area contributed by atoms with Crippen LogP contribution in [0.3, 0.4) is 0 Å². The van der Waals surface area contributed by atoms with Gasteiger partial charge in [0.2, 0.25) is 5.91 Å². The number of rotatable bonds is 12. The third kappa shape index (κ3) is 7.08. The first-order valence-electron chi connectivity index (χ1n) is 10.2. The highest BCUT2D eigenvalue weighted by Crippen LogP contribution is 2.41. The van der Waals surface area contributed by atoms with E-state index in [9.17, 15) is 4.79 Å². The van der Waals surface area contributed by atoms with Crippen molar-refractivity contribution in [3.8, 4) is 22.6 Å². The maximum atomic E-state index is 12.0. The average molecular weight is 414 g/mol. The van der Waals surface area contributed by atoms with Crippen molar-refractivity contribution in [1.29, 1.82) is 5.41 Å². The Hall–Kier alpha value is -3.06. The number of ether oxygens (including phenoxy) is 3. The zero-order valence-electron chi connectivity index (χ0n) is 17.7. The monoisotopic (exact) mass is 413 g/mol. The van der Waals surface area contributed by atoms with Crippen LogP contribution in [0.2, 0.25) is 0 Å². The molecule has 0 saturated heterocycles. The Balaban J connectivity index is 2.38. The maximum absolute atomic E-state index is 12.0. The normalized spacial score (nSPS) is 10.5. The average Bonchev–Trinajstić information content (AvgIpc) is 2.74. The molecule has 0 fully saturated rings. The van der Waals surface area contributed by atoms with E-state index >= 15 is 0 Å². The zero-order valence-corrected chi connectivity index (χ0v) is 17.7. The molecule has 0 aliphatic rings. The minimum absolute atomic E-state index is 0.190. The van der Waals surface area contributed by atoms with Gasteiger partial charge in [0.1, 0.15) is 0 Å². The lowest BCUT2D eigenvalue weighted by molar-refractivity contribution is -0.119.